The Morgan fingerprint density at radius 3 is 2.48 bits per heavy atom. The zero-order valence-electron chi connectivity index (χ0n) is 20.5. The third kappa shape index (κ3) is 4.70. The summed E-state index contributed by atoms with van der Waals surface area (Å²) in [6.45, 7) is 11.3. The first-order valence-corrected chi connectivity index (χ1v) is 11.8. The number of imidazole rings is 1. The van der Waals surface area contributed by atoms with Crippen LogP contribution < -0.4 is 10.1 Å². The van der Waals surface area contributed by atoms with Gasteiger partial charge in [0.1, 0.15) is 11.3 Å². The Labute approximate surface area is 196 Å². The Balaban J connectivity index is 1.85. The molecule has 4 rings (SSSR count). The first kappa shape index (κ1) is 23.1. The van der Waals surface area contributed by atoms with Gasteiger partial charge in [-0.1, -0.05) is 46.8 Å². The molecule has 6 heteroatoms. The summed E-state index contributed by atoms with van der Waals surface area (Å²) in [7, 11) is 1.51. The van der Waals surface area contributed by atoms with Crippen LogP contribution in [0.1, 0.15) is 81.8 Å². The van der Waals surface area contributed by atoms with Gasteiger partial charge >= 0.3 is 5.97 Å². The van der Waals surface area contributed by atoms with E-state index in [-0.39, 0.29) is 17.0 Å². The molecule has 1 saturated carbocycles. The number of aromatic carboxylic acids is 1. The summed E-state index contributed by atoms with van der Waals surface area (Å²) in [5.41, 5.74) is 4.15. The molecule has 3 aromatic rings. The van der Waals surface area contributed by atoms with Gasteiger partial charge in [0, 0.05) is 17.8 Å². The highest BCUT2D eigenvalue weighted by atomic mass is 16.5. The van der Waals surface area contributed by atoms with Crippen molar-refractivity contribution in [1.29, 1.82) is 0 Å². The molecule has 33 heavy (non-hydrogen) atoms. The molecular formula is C27H35N3O3. The molecule has 2 atom stereocenters. The van der Waals surface area contributed by atoms with E-state index < -0.39 is 5.97 Å². The van der Waals surface area contributed by atoms with E-state index in [9.17, 15) is 9.90 Å². The number of benzene rings is 2. The van der Waals surface area contributed by atoms with Gasteiger partial charge in [-0.05, 0) is 60.3 Å². The van der Waals surface area contributed by atoms with Crippen molar-refractivity contribution in [2.45, 2.75) is 65.8 Å². The van der Waals surface area contributed by atoms with Gasteiger partial charge in [0.2, 0.25) is 5.95 Å². The lowest BCUT2D eigenvalue weighted by Crippen LogP contribution is -2.29. The molecule has 1 aliphatic rings. The number of carbonyl (C=O) groups is 1. The molecule has 2 unspecified atom stereocenters. The molecule has 1 fully saturated rings. The van der Waals surface area contributed by atoms with E-state index in [1.165, 1.54) is 19.1 Å². The summed E-state index contributed by atoms with van der Waals surface area (Å²) in [5, 5.41) is 13.2. The van der Waals surface area contributed by atoms with Gasteiger partial charge in [0.15, 0.2) is 0 Å². The van der Waals surface area contributed by atoms with Crippen LogP contribution in [0.4, 0.5) is 11.6 Å². The van der Waals surface area contributed by atoms with Gasteiger partial charge in [-0.2, -0.15) is 0 Å². The summed E-state index contributed by atoms with van der Waals surface area (Å²) in [4.78, 5) is 16.7. The van der Waals surface area contributed by atoms with Gasteiger partial charge in [0.25, 0.3) is 0 Å². The Morgan fingerprint density at radius 2 is 1.91 bits per heavy atom. The van der Waals surface area contributed by atoms with Crippen molar-refractivity contribution in [3.8, 4) is 5.75 Å². The minimum atomic E-state index is -1.02. The predicted molar refractivity (Wildman–Crippen MR) is 133 cm³/mol. The molecule has 0 aliphatic heterocycles. The monoisotopic (exact) mass is 449 g/mol. The van der Waals surface area contributed by atoms with Crippen LogP contribution in [-0.4, -0.2) is 27.7 Å². The van der Waals surface area contributed by atoms with Crippen molar-refractivity contribution >= 4 is 28.6 Å². The fourth-order valence-electron chi connectivity index (χ4n) is 5.49. The molecule has 176 valence electrons. The van der Waals surface area contributed by atoms with Crippen LogP contribution in [-0.2, 0) is 0 Å². The number of methoxy groups -OCH3 is 1. The van der Waals surface area contributed by atoms with E-state index in [2.05, 4.69) is 68.8 Å². The third-order valence-corrected chi connectivity index (χ3v) is 6.80. The number of hydrogen-bond acceptors (Lipinski definition) is 4. The van der Waals surface area contributed by atoms with E-state index in [4.69, 9.17) is 9.72 Å². The Kier molecular flexibility index (Phi) is 6.12. The van der Waals surface area contributed by atoms with Gasteiger partial charge in [0.05, 0.1) is 18.1 Å². The first-order valence-electron chi connectivity index (χ1n) is 11.8. The SMILES string of the molecule is COc1cc2c(cc1C(=O)O)nc(Nc1ccc(C(C)C)cc1)n2C1CC(C)CC(C)(C)C1. The van der Waals surface area contributed by atoms with Gasteiger partial charge in [-0.3, -0.25) is 0 Å². The van der Waals surface area contributed by atoms with E-state index in [1.807, 2.05) is 6.07 Å². The fourth-order valence-corrected chi connectivity index (χ4v) is 5.49. The largest absolute Gasteiger partial charge is 0.496 e. The maximum atomic E-state index is 11.8. The number of fused-ring (bicyclic) bond motifs is 1. The Hall–Kier alpha value is -3.02. The standard InChI is InChI=1S/C27H35N3O3/c1-16(2)18-7-9-19(10-8-18)28-26-29-22-12-21(25(31)32)24(33-6)13-23(22)30(26)20-11-17(3)14-27(4,5)15-20/h7-10,12-13,16-17,20H,11,14-15H2,1-6H3,(H,28,29)(H,31,32). The molecule has 0 spiro atoms. The number of aromatic nitrogens is 2. The lowest BCUT2D eigenvalue weighted by Gasteiger charge is -2.40. The van der Waals surface area contributed by atoms with E-state index >= 15 is 0 Å². The Morgan fingerprint density at radius 1 is 1.21 bits per heavy atom. The topological polar surface area (TPSA) is 76.4 Å². The third-order valence-electron chi connectivity index (χ3n) is 6.80. The fraction of sp³-hybridized carbons (Fsp3) is 0.481. The lowest BCUT2D eigenvalue weighted by molar-refractivity contribution is 0.0693. The van der Waals surface area contributed by atoms with Crippen molar-refractivity contribution in [2.75, 3.05) is 12.4 Å². The quantitative estimate of drug-likeness (QED) is 0.424. The highest BCUT2D eigenvalue weighted by Crippen LogP contribution is 2.46. The van der Waals surface area contributed by atoms with Crippen LogP contribution in [0.2, 0.25) is 0 Å². The minimum absolute atomic E-state index is 0.125. The zero-order valence-corrected chi connectivity index (χ0v) is 20.5. The predicted octanol–water partition coefficient (Wildman–Crippen LogP) is 7.00. The van der Waals surface area contributed by atoms with Crippen LogP contribution in [0.25, 0.3) is 11.0 Å². The molecule has 0 saturated heterocycles. The summed E-state index contributed by atoms with van der Waals surface area (Å²) in [6, 6.07) is 12.1. The number of anilines is 2. The highest BCUT2D eigenvalue weighted by molar-refractivity contribution is 5.96. The summed E-state index contributed by atoms with van der Waals surface area (Å²) < 4.78 is 7.70. The molecule has 1 aliphatic carbocycles. The van der Waals surface area contributed by atoms with Crippen LogP contribution in [0, 0.1) is 11.3 Å². The number of nitrogens with one attached hydrogen (secondary N) is 1. The van der Waals surface area contributed by atoms with E-state index in [0.717, 1.165) is 30.0 Å². The van der Waals surface area contributed by atoms with Gasteiger partial charge < -0.3 is 19.7 Å². The van der Waals surface area contributed by atoms with Crippen LogP contribution in [0.15, 0.2) is 36.4 Å². The summed E-state index contributed by atoms with van der Waals surface area (Å²) in [5.74, 6) is 1.13. The molecule has 1 heterocycles. The van der Waals surface area contributed by atoms with E-state index in [1.54, 1.807) is 6.07 Å². The van der Waals surface area contributed by atoms with Crippen molar-refractivity contribution in [3.63, 3.8) is 0 Å². The second-order valence-corrected chi connectivity index (χ2v) is 10.6. The zero-order chi connectivity index (χ0) is 23.9. The van der Waals surface area contributed by atoms with Crippen molar-refractivity contribution in [3.05, 3.63) is 47.5 Å². The van der Waals surface area contributed by atoms with Crippen molar-refractivity contribution in [1.82, 2.24) is 9.55 Å². The lowest BCUT2D eigenvalue weighted by atomic mass is 9.70. The minimum Gasteiger partial charge on any atom is -0.496 e. The normalized spacial score (nSPS) is 20.2. The van der Waals surface area contributed by atoms with Crippen LogP contribution in [0.3, 0.4) is 0 Å². The van der Waals surface area contributed by atoms with Crippen LogP contribution >= 0.6 is 0 Å². The molecule has 0 bridgehead atoms. The maximum absolute atomic E-state index is 11.8. The molecule has 2 N–H and O–H groups in total. The molecule has 6 nitrogen and oxygen atoms in total. The van der Waals surface area contributed by atoms with Crippen LogP contribution in [0.5, 0.6) is 5.75 Å². The number of rotatable bonds is 6. The number of carboxylic acids is 1. The van der Waals surface area contributed by atoms with Crippen molar-refractivity contribution < 1.29 is 14.6 Å². The highest BCUT2D eigenvalue weighted by Gasteiger charge is 2.35. The molecular weight excluding hydrogens is 414 g/mol. The number of nitrogens with zero attached hydrogens (tertiary/aromatic N) is 2. The average molecular weight is 450 g/mol. The van der Waals surface area contributed by atoms with Gasteiger partial charge in [-0.15, -0.1) is 0 Å². The number of hydrogen-bond donors (Lipinski definition) is 2. The second kappa shape index (κ2) is 8.73. The smallest absolute Gasteiger partial charge is 0.339 e. The average Bonchev–Trinajstić information content (AvgIpc) is 3.08. The van der Waals surface area contributed by atoms with Gasteiger partial charge in [-0.25, -0.2) is 9.78 Å². The molecule has 0 radical (unpaired) electrons. The molecule has 1 aromatic heterocycles. The number of carboxylic acid groups (broad SMARTS) is 1. The number of ether oxygens (including phenoxy) is 1. The first-order chi connectivity index (χ1) is 15.6. The Bertz CT molecular complexity index is 1160. The van der Waals surface area contributed by atoms with E-state index in [0.29, 0.717) is 23.1 Å². The summed E-state index contributed by atoms with van der Waals surface area (Å²) >= 11 is 0. The maximum Gasteiger partial charge on any atom is 0.339 e. The second-order valence-electron chi connectivity index (χ2n) is 10.6. The molecule has 2 aromatic carbocycles. The van der Waals surface area contributed by atoms with Crippen molar-refractivity contribution in [2.24, 2.45) is 11.3 Å². The molecule has 0 amide bonds. The summed E-state index contributed by atoms with van der Waals surface area (Å²) in [6.07, 6.45) is 3.29.